The van der Waals surface area contributed by atoms with Crippen molar-refractivity contribution in [2.75, 3.05) is 13.6 Å². The Bertz CT molecular complexity index is 501. The molecule has 1 aromatic carbocycles. The summed E-state index contributed by atoms with van der Waals surface area (Å²) < 4.78 is 0. The van der Waals surface area contributed by atoms with Crippen LogP contribution in [-0.2, 0) is 6.54 Å². The summed E-state index contributed by atoms with van der Waals surface area (Å²) in [4.78, 5) is 6.94. The molecule has 1 aliphatic heterocycles. The van der Waals surface area contributed by atoms with Gasteiger partial charge in [0.2, 0.25) is 0 Å². The van der Waals surface area contributed by atoms with Crippen molar-refractivity contribution in [2.45, 2.75) is 57.3 Å². The van der Waals surface area contributed by atoms with E-state index in [1.807, 2.05) is 7.05 Å². The minimum absolute atomic E-state index is 0. The lowest BCUT2D eigenvalue weighted by atomic mass is 9.97. The number of nitrogens with zero attached hydrogens (tertiary/aromatic N) is 2. The number of likely N-dealkylation sites (tertiary alicyclic amines) is 1. The van der Waals surface area contributed by atoms with E-state index in [2.05, 4.69) is 57.8 Å². The van der Waals surface area contributed by atoms with Gasteiger partial charge in [0.05, 0.1) is 0 Å². The van der Waals surface area contributed by atoms with Crippen molar-refractivity contribution in [2.24, 2.45) is 4.99 Å². The molecule has 1 saturated carbocycles. The van der Waals surface area contributed by atoms with Crippen molar-refractivity contribution in [1.29, 1.82) is 0 Å². The van der Waals surface area contributed by atoms with E-state index >= 15 is 0 Å². The third kappa shape index (κ3) is 5.64. The summed E-state index contributed by atoms with van der Waals surface area (Å²) in [5.74, 6) is 0.983. The zero-order valence-electron chi connectivity index (χ0n) is 14.2. The molecule has 2 N–H and O–H groups in total. The highest BCUT2D eigenvalue weighted by atomic mass is 127. The zero-order chi connectivity index (χ0) is 15.4. The molecule has 2 unspecified atom stereocenters. The van der Waals surface area contributed by atoms with Gasteiger partial charge in [0.15, 0.2) is 5.96 Å². The smallest absolute Gasteiger partial charge is 0.191 e. The van der Waals surface area contributed by atoms with Gasteiger partial charge in [0.1, 0.15) is 0 Å². The maximum absolute atomic E-state index is 4.35. The molecule has 23 heavy (non-hydrogen) atoms. The van der Waals surface area contributed by atoms with Gasteiger partial charge in [0, 0.05) is 38.3 Å². The van der Waals surface area contributed by atoms with Crippen LogP contribution >= 0.6 is 24.0 Å². The second-order valence-corrected chi connectivity index (χ2v) is 6.66. The molecule has 2 aliphatic rings. The second kappa shape index (κ2) is 8.87. The lowest BCUT2D eigenvalue weighted by Gasteiger charge is -2.38. The Labute approximate surface area is 157 Å². The van der Waals surface area contributed by atoms with Crippen molar-refractivity contribution in [3.8, 4) is 0 Å². The summed E-state index contributed by atoms with van der Waals surface area (Å²) in [6, 6.07) is 12.6. The Morgan fingerprint density at radius 1 is 1.13 bits per heavy atom. The minimum Gasteiger partial charge on any atom is -0.354 e. The standard InChI is InChI=1S/C18H28N4.HI/c1-14-12-17(21-18(19-2)20-16-8-9-16)10-11-22(14)13-15-6-4-3-5-7-15;/h3-7,14,16-17H,8-13H2,1-2H3,(H2,19,20,21);1H. The molecular weight excluding hydrogens is 399 g/mol. The number of benzene rings is 1. The van der Waals surface area contributed by atoms with E-state index in [0.717, 1.165) is 19.0 Å². The monoisotopic (exact) mass is 428 g/mol. The average molecular weight is 428 g/mol. The molecule has 0 spiro atoms. The zero-order valence-corrected chi connectivity index (χ0v) is 16.5. The van der Waals surface area contributed by atoms with Crippen molar-refractivity contribution < 1.29 is 0 Å². The number of piperidine rings is 1. The van der Waals surface area contributed by atoms with Crippen LogP contribution in [0.4, 0.5) is 0 Å². The van der Waals surface area contributed by atoms with E-state index in [1.165, 1.54) is 31.2 Å². The third-order valence-electron chi connectivity index (χ3n) is 4.72. The van der Waals surface area contributed by atoms with Crippen molar-refractivity contribution in [3.05, 3.63) is 35.9 Å². The molecule has 0 aromatic heterocycles. The molecule has 1 heterocycles. The molecule has 0 radical (unpaired) electrons. The van der Waals surface area contributed by atoms with E-state index in [4.69, 9.17) is 0 Å². The van der Waals surface area contributed by atoms with Crippen molar-refractivity contribution in [1.82, 2.24) is 15.5 Å². The normalized spacial score (nSPS) is 25.6. The van der Waals surface area contributed by atoms with Gasteiger partial charge < -0.3 is 10.6 Å². The quantitative estimate of drug-likeness (QED) is 0.440. The molecule has 0 amide bonds. The summed E-state index contributed by atoms with van der Waals surface area (Å²) in [6.45, 7) is 4.55. The summed E-state index contributed by atoms with van der Waals surface area (Å²) in [5.41, 5.74) is 1.41. The number of nitrogens with one attached hydrogen (secondary N) is 2. The molecule has 128 valence electrons. The fourth-order valence-electron chi connectivity index (χ4n) is 3.19. The fourth-order valence-corrected chi connectivity index (χ4v) is 3.19. The molecule has 5 heteroatoms. The maximum atomic E-state index is 4.35. The second-order valence-electron chi connectivity index (χ2n) is 6.66. The van der Waals surface area contributed by atoms with Crippen molar-refractivity contribution in [3.63, 3.8) is 0 Å². The first-order valence-corrected chi connectivity index (χ1v) is 8.52. The molecule has 3 rings (SSSR count). The molecular formula is C18H29IN4. The van der Waals surface area contributed by atoms with Crippen LogP contribution in [-0.4, -0.2) is 42.6 Å². The predicted octanol–water partition coefficient (Wildman–Crippen LogP) is 2.98. The Hall–Kier alpha value is -0.820. The number of halogens is 1. The Morgan fingerprint density at radius 3 is 2.43 bits per heavy atom. The Balaban J connectivity index is 0.00000192. The number of guanidine groups is 1. The SMILES string of the molecule is CN=C(NC1CC1)NC1CCN(Cc2ccccc2)C(C)C1.I. The summed E-state index contributed by atoms with van der Waals surface area (Å²) in [6.07, 6.45) is 4.93. The van der Waals surface area contributed by atoms with Crippen LogP contribution < -0.4 is 10.6 Å². The first-order chi connectivity index (χ1) is 10.7. The van der Waals surface area contributed by atoms with Gasteiger partial charge in [-0.15, -0.1) is 24.0 Å². The summed E-state index contributed by atoms with van der Waals surface area (Å²) in [7, 11) is 1.87. The molecule has 4 nitrogen and oxygen atoms in total. The highest BCUT2D eigenvalue weighted by Crippen LogP contribution is 2.21. The number of hydrogen-bond acceptors (Lipinski definition) is 2. The Kier molecular flexibility index (Phi) is 7.14. The highest BCUT2D eigenvalue weighted by molar-refractivity contribution is 14.0. The maximum Gasteiger partial charge on any atom is 0.191 e. The van der Waals surface area contributed by atoms with Gasteiger partial charge in [-0.1, -0.05) is 30.3 Å². The lowest BCUT2D eigenvalue weighted by Crippen LogP contribution is -2.51. The van der Waals surface area contributed by atoms with Crippen LogP contribution in [0.1, 0.15) is 38.2 Å². The predicted molar refractivity (Wildman–Crippen MR) is 107 cm³/mol. The largest absolute Gasteiger partial charge is 0.354 e. The van der Waals surface area contributed by atoms with E-state index in [1.54, 1.807) is 0 Å². The van der Waals surface area contributed by atoms with E-state index < -0.39 is 0 Å². The van der Waals surface area contributed by atoms with Gasteiger partial charge >= 0.3 is 0 Å². The van der Waals surface area contributed by atoms with Crippen LogP contribution in [0, 0.1) is 0 Å². The number of hydrogen-bond donors (Lipinski definition) is 2. The lowest BCUT2D eigenvalue weighted by molar-refractivity contribution is 0.134. The molecule has 1 saturated heterocycles. The molecule has 1 aliphatic carbocycles. The number of aliphatic imine (C=N–C) groups is 1. The van der Waals surface area contributed by atoms with Gasteiger partial charge in [-0.3, -0.25) is 9.89 Å². The molecule has 2 fully saturated rings. The van der Waals surface area contributed by atoms with Gasteiger partial charge in [-0.05, 0) is 38.2 Å². The first kappa shape index (κ1) is 18.5. The van der Waals surface area contributed by atoms with Crippen LogP contribution in [0.3, 0.4) is 0 Å². The molecule has 0 bridgehead atoms. The summed E-state index contributed by atoms with van der Waals surface area (Å²) in [5, 5.41) is 7.08. The first-order valence-electron chi connectivity index (χ1n) is 8.52. The fraction of sp³-hybridized carbons (Fsp3) is 0.611. The van der Waals surface area contributed by atoms with E-state index in [-0.39, 0.29) is 24.0 Å². The molecule has 2 atom stereocenters. The topological polar surface area (TPSA) is 39.7 Å². The van der Waals surface area contributed by atoms with Crippen LogP contribution in [0.15, 0.2) is 35.3 Å². The van der Waals surface area contributed by atoms with Crippen LogP contribution in [0.5, 0.6) is 0 Å². The summed E-state index contributed by atoms with van der Waals surface area (Å²) >= 11 is 0. The average Bonchev–Trinajstić information content (AvgIpc) is 3.34. The van der Waals surface area contributed by atoms with Gasteiger partial charge in [-0.25, -0.2) is 0 Å². The highest BCUT2D eigenvalue weighted by Gasteiger charge is 2.27. The molecule has 1 aromatic rings. The third-order valence-corrected chi connectivity index (χ3v) is 4.72. The van der Waals surface area contributed by atoms with E-state index in [0.29, 0.717) is 18.1 Å². The van der Waals surface area contributed by atoms with Crippen LogP contribution in [0.25, 0.3) is 0 Å². The van der Waals surface area contributed by atoms with Gasteiger partial charge in [-0.2, -0.15) is 0 Å². The minimum atomic E-state index is 0. The Morgan fingerprint density at radius 2 is 1.83 bits per heavy atom. The van der Waals surface area contributed by atoms with Gasteiger partial charge in [0.25, 0.3) is 0 Å². The van der Waals surface area contributed by atoms with E-state index in [9.17, 15) is 0 Å². The van der Waals surface area contributed by atoms with Crippen LogP contribution in [0.2, 0.25) is 0 Å². The number of rotatable bonds is 4. The van der Waals surface area contributed by atoms with Crippen molar-refractivity contribution >= 4 is 29.9 Å².